The van der Waals surface area contributed by atoms with Crippen molar-refractivity contribution < 1.29 is 9.59 Å². The van der Waals surface area contributed by atoms with E-state index < -0.39 is 0 Å². The summed E-state index contributed by atoms with van der Waals surface area (Å²) in [5.74, 6) is -0.203. The lowest BCUT2D eigenvalue weighted by Gasteiger charge is -2.19. The molecule has 0 aromatic rings. The summed E-state index contributed by atoms with van der Waals surface area (Å²) in [7, 11) is 0. The van der Waals surface area contributed by atoms with Gasteiger partial charge in [-0.15, -0.1) is 0 Å². The molecule has 0 unspecified atom stereocenters. The van der Waals surface area contributed by atoms with E-state index in [1.807, 2.05) is 20.8 Å². The number of hydrogen-bond acceptors (Lipinski definition) is 2. The molecule has 0 aliphatic carbocycles. The van der Waals surface area contributed by atoms with E-state index in [0.29, 0.717) is 6.42 Å². The summed E-state index contributed by atoms with van der Waals surface area (Å²) in [5, 5.41) is 2.72. The maximum absolute atomic E-state index is 11.1. The van der Waals surface area contributed by atoms with Crippen LogP contribution in [0, 0.1) is 0 Å². The van der Waals surface area contributed by atoms with E-state index in [-0.39, 0.29) is 23.7 Å². The van der Waals surface area contributed by atoms with Gasteiger partial charge in [-0.3, -0.25) is 9.59 Å². The fraction of sp³-hybridized carbons (Fsp3) is 0.778. The van der Waals surface area contributed by atoms with Crippen LogP contribution < -0.4 is 5.32 Å². The summed E-state index contributed by atoms with van der Waals surface area (Å²) >= 11 is 0. The second-order valence-electron chi connectivity index (χ2n) is 3.87. The Morgan fingerprint density at radius 3 is 2.08 bits per heavy atom. The summed E-state index contributed by atoms with van der Waals surface area (Å²) in [4.78, 5) is 21.9. The number of hydrogen-bond donors (Lipinski definition) is 1. The van der Waals surface area contributed by atoms with Crippen LogP contribution in [0.5, 0.6) is 0 Å². The first kappa shape index (κ1) is 11.1. The van der Waals surface area contributed by atoms with Gasteiger partial charge < -0.3 is 5.32 Å². The Labute approximate surface area is 73.5 Å². The summed E-state index contributed by atoms with van der Waals surface area (Å²) in [6.45, 7) is 7.43. The van der Waals surface area contributed by atoms with E-state index in [9.17, 15) is 9.59 Å². The lowest BCUT2D eigenvalue weighted by atomic mass is 10.1. The number of amides is 1. The quantitative estimate of drug-likeness (QED) is 0.650. The Balaban J connectivity index is 3.83. The van der Waals surface area contributed by atoms with Crippen LogP contribution >= 0.6 is 0 Å². The third-order valence-electron chi connectivity index (χ3n) is 1.27. The fourth-order valence-corrected chi connectivity index (χ4v) is 0.767. The highest BCUT2D eigenvalue weighted by molar-refractivity contribution is 5.98. The molecule has 3 heteroatoms. The molecular formula is C9H17NO2. The number of Topliss-reactive ketones (excluding diaryl/α,β-unsaturated/α-hetero) is 1. The molecule has 0 saturated heterocycles. The second-order valence-corrected chi connectivity index (χ2v) is 3.87. The number of carbonyl (C=O) groups is 2. The zero-order valence-corrected chi connectivity index (χ0v) is 8.23. The minimum Gasteiger partial charge on any atom is -0.351 e. The summed E-state index contributed by atoms with van der Waals surface area (Å²) in [5.41, 5.74) is -0.245. The number of carbonyl (C=O) groups excluding carboxylic acids is 2. The fourth-order valence-electron chi connectivity index (χ4n) is 0.767. The summed E-state index contributed by atoms with van der Waals surface area (Å²) in [6.07, 6.45) is 0.436. The number of ketones is 1. The topological polar surface area (TPSA) is 46.2 Å². The average Bonchev–Trinajstić information content (AvgIpc) is 1.82. The molecule has 0 aromatic carbocycles. The Bertz CT molecular complexity index is 179. The van der Waals surface area contributed by atoms with Gasteiger partial charge in [0.1, 0.15) is 5.78 Å². The molecule has 0 saturated carbocycles. The maximum Gasteiger partial charge on any atom is 0.227 e. The smallest absolute Gasteiger partial charge is 0.227 e. The van der Waals surface area contributed by atoms with Crippen LogP contribution in [-0.2, 0) is 9.59 Å². The van der Waals surface area contributed by atoms with E-state index in [1.165, 1.54) is 0 Å². The zero-order chi connectivity index (χ0) is 9.78. The van der Waals surface area contributed by atoms with Crippen LogP contribution in [0.25, 0.3) is 0 Å². The Morgan fingerprint density at radius 1 is 1.25 bits per heavy atom. The van der Waals surface area contributed by atoms with Gasteiger partial charge in [-0.2, -0.15) is 0 Å². The molecule has 0 heterocycles. The molecule has 0 spiro atoms. The minimum atomic E-state index is -0.245. The summed E-state index contributed by atoms with van der Waals surface area (Å²) < 4.78 is 0. The van der Waals surface area contributed by atoms with Crippen LogP contribution in [0.3, 0.4) is 0 Å². The molecule has 0 aliphatic rings. The normalized spacial score (nSPS) is 11.0. The van der Waals surface area contributed by atoms with Crippen molar-refractivity contribution in [2.75, 3.05) is 0 Å². The molecule has 0 aromatic heterocycles. The minimum absolute atomic E-state index is 0.00771. The highest BCUT2D eigenvalue weighted by Crippen LogP contribution is 1.99. The third-order valence-corrected chi connectivity index (χ3v) is 1.27. The molecule has 0 bridgehead atoms. The van der Waals surface area contributed by atoms with Crippen LogP contribution in [-0.4, -0.2) is 17.2 Å². The maximum atomic E-state index is 11.1. The van der Waals surface area contributed by atoms with Crippen molar-refractivity contribution in [1.82, 2.24) is 5.32 Å². The van der Waals surface area contributed by atoms with Crippen molar-refractivity contribution in [3.8, 4) is 0 Å². The number of nitrogens with one attached hydrogen (secondary N) is 1. The molecule has 0 fully saturated rings. The lowest BCUT2D eigenvalue weighted by molar-refractivity contribution is -0.128. The molecule has 70 valence electrons. The van der Waals surface area contributed by atoms with Crippen LogP contribution in [0.15, 0.2) is 0 Å². The van der Waals surface area contributed by atoms with E-state index in [2.05, 4.69) is 5.32 Å². The largest absolute Gasteiger partial charge is 0.351 e. The molecular weight excluding hydrogens is 154 g/mol. The van der Waals surface area contributed by atoms with Gasteiger partial charge in [0.05, 0.1) is 6.42 Å². The molecule has 0 radical (unpaired) electrons. The predicted molar refractivity (Wildman–Crippen MR) is 47.8 cm³/mol. The van der Waals surface area contributed by atoms with Crippen molar-refractivity contribution >= 4 is 11.7 Å². The van der Waals surface area contributed by atoms with E-state index in [4.69, 9.17) is 0 Å². The average molecular weight is 171 g/mol. The van der Waals surface area contributed by atoms with E-state index in [1.54, 1.807) is 6.92 Å². The Morgan fingerprint density at radius 2 is 1.75 bits per heavy atom. The van der Waals surface area contributed by atoms with Crippen LogP contribution in [0.4, 0.5) is 0 Å². The van der Waals surface area contributed by atoms with E-state index in [0.717, 1.165) is 0 Å². The Kier molecular flexibility index (Phi) is 3.93. The van der Waals surface area contributed by atoms with Crippen LogP contribution in [0.1, 0.15) is 40.5 Å². The highest BCUT2D eigenvalue weighted by Gasteiger charge is 2.15. The molecule has 0 aliphatic heterocycles. The zero-order valence-electron chi connectivity index (χ0n) is 8.23. The first-order valence-electron chi connectivity index (χ1n) is 4.18. The molecule has 3 nitrogen and oxygen atoms in total. The van der Waals surface area contributed by atoms with Gasteiger partial charge in [0.2, 0.25) is 5.91 Å². The van der Waals surface area contributed by atoms with Crippen molar-refractivity contribution in [3.05, 3.63) is 0 Å². The third kappa shape index (κ3) is 5.89. The predicted octanol–water partition coefficient (Wildman–Crippen LogP) is 1.27. The lowest BCUT2D eigenvalue weighted by Crippen LogP contribution is -2.41. The van der Waals surface area contributed by atoms with Gasteiger partial charge in [0.25, 0.3) is 0 Å². The van der Waals surface area contributed by atoms with Gasteiger partial charge in [-0.1, -0.05) is 6.92 Å². The van der Waals surface area contributed by atoms with Gasteiger partial charge in [0.15, 0.2) is 0 Å². The van der Waals surface area contributed by atoms with E-state index >= 15 is 0 Å². The molecule has 0 atom stereocenters. The molecule has 0 rings (SSSR count). The van der Waals surface area contributed by atoms with Crippen molar-refractivity contribution in [2.24, 2.45) is 0 Å². The second kappa shape index (κ2) is 4.24. The first-order chi connectivity index (χ1) is 5.35. The number of rotatable bonds is 3. The molecule has 12 heavy (non-hydrogen) atoms. The van der Waals surface area contributed by atoms with Crippen molar-refractivity contribution in [3.63, 3.8) is 0 Å². The summed E-state index contributed by atoms with van der Waals surface area (Å²) in [6, 6.07) is 0. The standard InChI is InChI=1S/C9H17NO2/c1-5-7(11)6-8(12)10-9(2,3)4/h5-6H2,1-4H3,(H,10,12). The monoisotopic (exact) mass is 171 g/mol. The van der Waals surface area contributed by atoms with Gasteiger partial charge in [0, 0.05) is 12.0 Å². The molecule has 1 N–H and O–H groups in total. The molecule has 1 amide bonds. The van der Waals surface area contributed by atoms with Crippen molar-refractivity contribution in [1.29, 1.82) is 0 Å². The highest BCUT2D eigenvalue weighted by atomic mass is 16.2. The Hall–Kier alpha value is -0.860. The van der Waals surface area contributed by atoms with Crippen molar-refractivity contribution in [2.45, 2.75) is 46.1 Å². The first-order valence-corrected chi connectivity index (χ1v) is 4.18. The van der Waals surface area contributed by atoms with Crippen LogP contribution in [0.2, 0.25) is 0 Å². The van der Waals surface area contributed by atoms with Gasteiger partial charge in [-0.05, 0) is 20.8 Å². The van der Waals surface area contributed by atoms with Gasteiger partial charge in [-0.25, -0.2) is 0 Å². The van der Waals surface area contributed by atoms with Gasteiger partial charge >= 0.3 is 0 Å². The SMILES string of the molecule is CCC(=O)CC(=O)NC(C)(C)C.